The Morgan fingerprint density at radius 2 is 2.09 bits per heavy atom. The quantitative estimate of drug-likeness (QED) is 0.618. The lowest BCUT2D eigenvalue weighted by atomic mass is 10.2. The maximum Gasteiger partial charge on any atom is 0.132 e. The zero-order valence-corrected chi connectivity index (χ0v) is 7.10. The molecule has 1 nitrogen and oxygen atoms in total. The van der Waals surface area contributed by atoms with E-state index in [0.717, 1.165) is 5.56 Å². The van der Waals surface area contributed by atoms with Gasteiger partial charge in [-0.3, -0.25) is 0 Å². The zero-order chi connectivity index (χ0) is 8.27. The lowest BCUT2D eigenvalue weighted by Crippen LogP contribution is -1.82. The third-order valence-corrected chi connectivity index (χ3v) is 1.77. The summed E-state index contributed by atoms with van der Waals surface area (Å²) < 4.78 is 0. The standard InChI is InChI=1S/C8H5Cl2N/c9-8(10)7-3-1-2-6(4-7)5-11/h1-4,8H. The van der Waals surface area contributed by atoms with Crippen molar-refractivity contribution in [2.75, 3.05) is 0 Å². The Bertz CT molecular complexity index is 288. The van der Waals surface area contributed by atoms with Crippen molar-refractivity contribution in [2.24, 2.45) is 0 Å². The number of rotatable bonds is 1. The molecule has 1 aromatic carbocycles. The molecule has 1 rings (SSSR count). The summed E-state index contributed by atoms with van der Waals surface area (Å²) in [7, 11) is 0. The summed E-state index contributed by atoms with van der Waals surface area (Å²) in [6.07, 6.45) is 0. The average molecular weight is 186 g/mol. The van der Waals surface area contributed by atoms with Gasteiger partial charge < -0.3 is 0 Å². The Balaban J connectivity index is 3.03. The highest BCUT2D eigenvalue weighted by atomic mass is 35.5. The van der Waals surface area contributed by atoms with Gasteiger partial charge in [0.15, 0.2) is 0 Å². The second kappa shape index (κ2) is 3.61. The van der Waals surface area contributed by atoms with Gasteiger partial charge in [0, 0.05) is 0 Å². The Morgan fingerprint density at radius 3 is 2.64 bits per heavy atom. The van der Waals surface area contributed by atoms with E-state index in [1.807, 2.05) is 6.07 Å². The highest BCUT2D eigenvalue weighted by molar-refractivity contribution is 6.44. The average Bonchev–Trinajstić information content (AvgIpc) is 2.05. The molecule has 0 spiro atoms. The second-order valence-electron chi connectivity index (χ2n) is 2.04. The second-order valence-corrected chi connectivity index (χ2v) is 3.13. The van der Waals surface area contributed by atoms with E-state index < -0.39 is 4.84 Å². The van der Waals surface area contributed by atoms with E-state index in [1.54, 1.807) is 24.3 Å². The number of nitrogens with zero attached hydrogens (tertiary/aromatic N) is 1. The molecule has 0 aromatic heterocycles. The van der Waals surface area contributed by atoms with Crippen LogP contribution in [0.3, 0.4) is 0 Å². The van der Waals surface area contributed by atoms with E-state index in [2.05, 4.69) is 0 Å². The maximum absolute atomic E-state index is 8.51. The summed E-state index contributed by atoms with van der Waals surface area (Å²) in [5.41, 5.74) is 1.33. The van der Waals surface area contributed by atoms with Crippen LogP contribution in [0.4, 0.5) is 0 Å². The SMILES string of the molecule is N#Cc1cccc(C(Cl)Cl)c1. The molecular weight excluding hydrogens is 181 g/mol. The monoisotopic (exact) mass is 185 g/mol. The normalized spacial score (nSPS) is 9.64. The molecule has 0 bridgehead atoms. The predicted octanol–water partition coefficient (Wildman–Crippen LogP) is 3.03. The lowest BCUT2D eigenvalue weighted by molar-refractivity contribution is 1.33. The van der Waals surface area contributed by atoms with Gasteiger partial charge in [0.1, 0.15) is 4.84 Å². The number of halogens is 2. The van der Waals surface area contributed by atoms with Crippen molar-refractivity contribution in [3.63, 3.8) is 0 Å². The first-order valence-electron chi connectivity index (χ1n) is 3.02. The molecule has 0 saturated carbocycles. The molecule has 0 radical (unpaired) electrons. The fraction of sp³-hybridized carbons (Fsp3) is 0.125. The summed E-state index contributed by atoms with van der Waals surface area (Å²) in [6.45, 7) is 0. The van der Waals surface area contributed by atoms with Crippen LogP contribution in [0.25, 0.3) is 0 Å². The van der Waals surface area contributed by atoms with E-state index >= 15 is 0 Å². The first kappa shape index (κ1) is 8.39. The number of hydrogen-bond donors (Lipinski definition) is 0. The Morgan fingerprint density at radius 1 is 1.36 bits per heavy atom. The van der Waals surface area contributed by atoms with Crippen LogP contribution in [0.1, 0.15) is 16.0 Å². The highest BCUT2D eigenvalue weighted by Gasteiger charge is 2.02. The highest BCUT2D eigenvalue weighted by Crippen LogP contribution is 2.24. The van der Waals surface area contributed by atoms with Crippen molar-refractivity contribution >= 4 is 23.2 Å². The zero-order valence-electron chi connectivity index (χ0n) is 5.59. The fourth-order valence-corrected chi connectivity index (χ4v) is 1.02. The minimum Gasteiger partial charge on any atom is -0.192 e. The summed E-state index contributed by atoms with van der Waals surface area (Å²) in [6, 6.07) is 8.92. The third kappa shape index (κ3) is 2.11. The molecule has 0 unspecified atom stereocenters. The van der Waals surface area contributed by atoms with Crippen LogP contribution < -0.4 is 0 Å². The van der Waals surface area contributed by atoms with Gasteiger partial charge >= 0.3 is 0 Å². The van der Waals surface area contributed by atoms with Gasteiger partial charge in [0.05, 0.1) is 11.6 Å². The molecule has 0 atom stereocenters. The van der Waals surface area contributed by atoms with Gasteiger partial charge in [-0.2, -0.15) is 5.26 Å². The van der Waals surface area contributed by atoms with Gasteiger partial charge in [-0.15, -0.1) is 23.2 Å². The molecule has 0 N–H and O–H groups in total. The first-order chi connectivity index (χ1) is 5.24. The van der Waals surface area contributed by atoms with Gasteiger partial charge in [-0.05, 0) is 17.7 Å². The van der Waals surface area contributed by atoms with Gasteiger partial charge in [0.25, 0.3) is 0 Å². The molecular formula is C8H5Cl2N. The predicted molar refractivity (Wildman–Crippen MR) is 45.6 cm³/mol. The molecule has 0 aliphatic carbocycles. The van der Waals surface area contributed by atoms with Gasteiger partial charge in [0.2, 0.25) is 0 Å². The Hall–Kier alpha value is -0.710. The van der Waals surface area contributed by atoms with E-state index in [0.29, 0.717) is 5.56 Å². The van der Waals surface area contributed by atoms with Crippen LogP contribution in [-0.2, 0) is 0 Å². The van der Waals surface area contributed by atoms with Gasteiger partial charge in [-0.1, -0.05) is 12.1 Å². The minimum atomic E-state index is -0.553. The Labute approximate surface area is 75.2 Å². The summed E-state index contributed by atoms with van der Waals surface area (Å²) in [5.74, 6) is 0. The van der Waals surface area contributed by atoms with Crippen LogP contribution in [-0.4, -0.2) is 0 Å². The molecule has 3 heteroatoms. The van der Waals surface area contributed by atoms with Crippen LogP contribution >= 0.6 is 23.2 Å². The number of alkyl halides is 2. The molecule has 0 amide bonds. The maximum atomic E-state index is 8.51. The Kier molecular flexibility index (Phi) is 2.76. The minimum absolute atomic E-state index is 0.553. The third-order valence-electron chi connectivity index (χ3n) is 1.27. The van der Waals surface area contributed by atoms with Crippen molar-refractivity contribution in [2.45, 2.75) is 4.84 Å². The van der Waals surface area contributed by atoms with Crippen LogP contribution in [0, 0.1) is 11.3 Å². The van der Waals surface area contributed by atoms with Gasteiger partial charge in [-0.25, -0.2) is 0 Å². The molecule has 0 aliphatic heterocycles. The first-order valence-corrected chi connectivity index (χ1v) is 3.89. The van der Waals surface area contributed by atoms with Crippen molar-refractivity contribution in [1.29, 1.82) is 5.26 Å². The number of hydrogen-bond acceptors (Lipinski definition) is 1. The lowest BCUT2D eigenvalue weighted by Gasteiger charge is -1.99. The molecule has 1 aromatic rings. The summed E-state index contributed by atoms with van der Waals surface area (Å²) >= 11 is 11.2. The molecule has 0 aliphatic rings. The van der Waals surface area contributed by atoms with Crippen molar-refractivity contribution in [3.8, 4) is 6.07 Å². The van der Waals surface area contributed by atoms with Crippen LogP contribution in [0.2, 0.25) is 0 Å². The van der Waals surface area contributed by atoms with E-state index in [1.165, 1.54) is 0 Å². The number of benzene rings is 1. The molecule has 0 saturated heterocycles. The van der Waals surface area contributed by atoms with Crippen LogP contribution in [0.5, 0.6) is 0 Å². The molecule has 56 valence electrons. The van der Waals surface area contributed by atoms with Crippen molar-refractivity contribution < 1.29 is 0 Å². The van der Waals surface area contributed by atoms with E-state index in [-0.39, 0.29) is 0 Å². The van der Waals surface area contributed by atoms with E-state index in [9.17, 15) is 0 Å². The number of nitriles is 1. The van der Waals surface area contributed by atoms with Crippen LogP contribution in [0.15, 0.2) is 24.3 Å². The van der Waals surface area contributed by atoms with Crippen molar-refractivity contribution in [3.05, 3.63) is 35.4 Å². The summed E-state index contributed by atoms with van der Waals surface area (Å²) in [4.78, 5) is -0.553. The summed E-state index contributed by atoms with van der Waals surface area (Å²) in [5, 5.41) is 8.51. The molecule has 0 heterocycles. The fourth-order valence-electron chi connectivity index (χ4n) is 0.744. The topological polar surface area (TPSA) is 23.8 Å². The smallest absolute Gasteiger partial charge is 0.132 e. The molecule has 0 fully saturated rings. The largest absolute Gasteiger partial charge is 0.192 e. The van der Waals surface area contributed by atoms with Crippen molar-refractivity contribution in [1.82, 2.24) is 0 Å². The van der Waals surface area contributed by atoms with E-state index in [4.69, 9.17) is 28.5 Å². The molecule has 11 heavy (non-hydrogen) atoms.